The molecule has 0 bridgehead atoms. The summed E-state index contributed by atoms with van der Waals surface area (Å²) in [5.41, 5.74) is -0.175. The molecular weight excluding hydrogens is 411 g/mol. The van der Waals surface area contributed by atoms with Crippen LogP contribution in [0, 0.1) is 0 Å². The van der Waals surface area contributed by atoms with Crippen LogP contribution < -0.4 is 10.2 Å². The van der Waals surface area contributed by atoms with E-state index < -0.39 is 11.9 Å². The first-order valence-electron chi connectivity index (χ1n) is 9.20. The fraction of sp³-hybridized carbons (Fsp3) is 0.789. The Morgan fingerprint density at radius 1 is 0.792 bits per heavy atom. The van der Waals surface area contributed by atoms with E-state index in [1.807, 2.05) is 0 Å². The first-order valence-corrected chi connectivity index (χ1v) is 14.9. The van der Waals surface area contributed by atoms with Crippen molar-refractivity contribution in [2.24, 2.45) is 0 Å². The van der Waals surface area contributed by atoms with Crippen LogP contribution in [0.25, 0.3) is 0 Å². The molecule has 0 unspecified atom stereocenters. The molecular formula is C19H34O4Sn. The summed E-state index contributed by atoms with van der Waals surface area (Å²) in [6.45, 7) is 2.22. The van der Waals surface area contributed by atoms with Crippen molar-refractivity contribution < 1.29 is 19.8 Å². The van der Waals surface area contributed by atoms with Gasteiger partial charge in [-0.2, -0.15) is 0 Å². The maximum atomic E-state index is 10.7. The summed E-state index contributed by atoms with van der Waals surface area (Å²) in [6.07, 6.45) is 13.8. The molecule has 5 heteroatoms. The molecule has 0 rings (SSSR count). The van der Waals surface area contributed by atoms with Crippen LogP contribution in [-0.4, -0.2) is 33.1 Å². The SMILES string of the molecule is CCCCCCCCCCCCC/C(=C/C(=O)[O-])C(=O)[O-].[CH3][Sn+2][CH3]. The van der Waals surface area contributed by atoms with E-state index in [0.717, 1.165) is 12.8 Å². The number of carboxylic acid groups (broad SMARTS) is 2. The van der Waals surface area contributed by atoms with Gasteiger partial charge in [-0.05, 0) is 24.5 Å². The molecule has 0 spiro atoms. The van der Waals surface area contributed by atoms with Gasteiger partial charge in [0.05, 0.1) is 11.9 Å². The van der Waals surface area contributed by atoms with Gasteiger partial charge in [0.1, 0.15) is 0 Å². The van der Waals surface area contributed by atoms with Crippen LogP contribution in [0.1, 0.15) is 84.0 Å². The fourth-order valence-electron chi connectivity index (χ4n) is 2.36. The summed E-state index contributed by atoms with van der Waals surface area (Å²) < 4.78 is 0. The van der Waals surface area contributed by atoms with Gasteiger partial charge in [-0.3, -0.25) is 0 Å². The Bertz CT molecular complexity index is 340. The molecule has 0 aromatic heterocycles. The summed E-state index contributed by atoms with van der Waals surface area (Å²) in [6, 6.07) is 0. The van der Waals surface area contributed by atoms with Crippen LogP contribution in [0.15, 0.2) is 11.6 Å². The van der Waals surface area contributed by atoms with Crippen molar-refractivity contribution in [3.05, 3.63) is 11.6 Å². The monoisotopic (exact) mass is 446 g/mol. The molecule has 0 aliphatic heterocycles. The van der Waals surface area contributed by atoms with E-state index in [1.54, 1.807) is 0 Å². The number of rotatable bonds is 14. The second-order valence-electron chi connectivity index (χ2n) is 6.06. The van der Waals surface area contributed by atoms with E-state index in [-0.39, 0.29) is 33.1 Å². The molecule has 24 heavy (non-hydrogen) atoms. The van der Waals surface area contributed by atoms with Crippen molar-refractivity contribution in [3.63, 3.8) is 0 Å². The molecule has 0 atom stereocenters. The normalized spacial score (nSPS) is 10.5. The van der Waals surface area contributed by atoms with E-state index in [4.69, 9.17) is 0 Å². The van der Waals surface area contributed by atoms with Gasteiger partial charge >= 0.3 is 31.0 Å². The molecule has 0 fully saturated rings. The van der Waals surface area contributed by atoms with Crippen molar-refractivity contribution in [2.45, 2.75) is 93.9 Å². The molecule has 0 aliphatic carbocycles. The Kier molecular flexibility index (Phi) is 22.0. The van der Waals surface area contributed by atoms with E-state index in [1.165, 1.54) is 51.4 Å². The van der Waals surface area contributed by atoms with Crippen molar-refractivity contribution in [3.8, 4) is 0 Å². The third-order valence-electron chi connectivity index (χ3n) is 3.60. The van der Waals surface area contributed by atoms with Gasteiger partial charge in [-0.25, -0.2) is 0 Å². The summed E-state index contributed by atoms with van der Waals surface area (Å²) >= 11 is 0.230. The number of hydrogen-bond acceptors (Lipinski definition) is 4. The predicted molar refractivity (Wildman–Crippen MR) is 96.7 cm³/mol. The quantitative estimate of drug-likeness (QED) is 0.234. The van der Waals surface area contributed by atoms with E-state index in [9.17, 15) is 19.8 Å². The fourth-order valence-corrected chi connectivity index (χ4v) is 2.36. The van der Waals surface area contributed by atoms with Crippen molar-refractivity contribution in [1.29, 1.82) is 0 Å². The van der Waals surface area contributed by atoms with Crippen molar-refractivity contribution >= 4 is 33.1 Å². The Morgan fingerprint density at radius 3 is 1.50 bits per heavy atom. The number of hydrogen-bond donors (Lipinski definition) is 0. The molecule has 0 saturated heterocycles. The van der Waals surface area contributed by atoms with E-state index in [2.05, 4.69) is 16.8 Å². The van der Waals surface area contributed by atoms with E-state index in [0.29, 0.717) is 12.5 Å². The molecule has 0 aliphatic rings. The predicted octanol–water partition coefficient (Wildman–Crippen LogP) is 2.90. The topological polar surface area (TPSA) is 80.3 Å². The number of unbranched alkanes of at least 4 members (excludes halogenated alkanes) is 10. The average molecular weight is 445 g/mol. The van der Waals surface area contributed by atoms with Crippen molar-refractivity contribution in [2.75, 3.05) is 0 Å². The molecule has 138 valence electrons. The zero-order chi connectivity index (χ0) is 18.6. The van der Waals surface area contributed by atoms with Gasteiger partial charge in [-0.15, -0.1) is 0 Å². The van der Waals surface area contributed by atoms with Gasteiger partial charge in [0, 0.05) is 0 Å². The summed E-state index contributed by atoms with van der Waals surface area (Å²) in [5.74, 6) is -2.89. The number of carbonyl (C=O) groups excluding carboxylic acids is 2. The first-order chi connectivity index (χ1) is 11.5. The molecule has 4 nitrogen and oxygen atoms in total. The molecule has 0 amide bonds. The molecule has 0 heterocycles. The molecule has 0 aromatic rings. The van der Waals surface area contributed by atoms with Gasteiger partial charge in [0.25, 0.3) is 0 Å². The van der Waals surface area contributed by atoms with Crippen LogP contribution >= 0.6 is 0 Å². The Morgan fingerprint density at radius 2 is 1.17 bits per heavy atom. The number of carboxylic acids is 2. The second-order valence-corrected chi connectivity index (χ2v) is 8.92. The average Bonchev–Trinajstić information content (AvgIpc) is 2.51. The minimum absolute atomic E-state index is 0.175. The zero-order valence-corrected chi connectivity index (χ0v) is 18.5. The second kappa shape index (κ2) is 20.5. The standard InChI is InChI=1S/C17H30O4.2CH3.Sn/c1-2-3-4-5-6-7-8-9-10-11-12-13-15(17(20)21)14-16(18)19;;;/h14H,2-13H2,1H3,(H,18,19)(H,20,21);2*1H3;/q;;;+2/p-2/b15-14-;;;. The third-order valence-corrected chi connectivity index (χ3v) is 3.60. The number of carbonyl (C=O) groups is 2. The Balaban J connectivity index is 0. The van der Waals surface area contributed by atoms with Gasteiger partial charge < -0.3 is 19.8 Å². The Hall–Kier alpha value is -0.521. The summed E-state index contributed by atoms with van der Waals surface area (Å²) in [4.78, 5) is 25.6. The van der Waals surface area contributed by atoms with Crippen LogP contribution in [0.5, 0.6) is 0 Å². The van der Waals surface area contributed by atoms with Crippen LogP contribution in [0.4, 0.5) is 0 Å². The maximum absolute atomic E-state index is 10.7. The molecule has 0 aromatic carbocycles. The third kappa shape index (κ3) is 21.5. The van der Waals surface area contributed by atoms with Crippen LogP contribution in [0.2, 0.25) is 9.88 Å². The van der Waals surface area contributed by atoms with Gasteiger partial charge in [0.2, 0.25) is 0 Å². The van der Waals surface area contributed by atoms with Crippen molar-refractivity contribution in [1.82, 2.24) is 0 Å². The van der Waals surface area contributed by atoms with Gasteiger partial charge in [-0.1, -0.05) is 71.1 Å². The van der Waals surface area contributed by atoms with E-state index >= 15 is 0 Å². The first kappa shape index (κ1) is 25.7. The minimum atomic E-state index is -1.47. The summed E-state index contributed by atoms with van der Waals surface area (Å²) in [7, 11) is 0. The Labute approximate surface area is 158 Å². The van der Waals surface area contributed by atoms with Crippen LogP contribution in [-0.2, 0) is 9.59 Å². The molecule has 0 saturated carbocycles. The molecule has 0 N–H and O–H groups in total. The number of aliphatic carboxylic acids is 2. The van der Waals surface area contributed by atoms with Gasteiger partial charge in [0.15, 0.2) is 0 Å². The summed E-state index contributed by atoms with van der Waals surface area (Å²) in [5, 5.41) is 21.0. The van der Waals surface area contributed by atoms with Crippen LogP contribution in [0.3, 0.4) is 0 Å². The molecule has 0 radical (unpaired) electrons. The zero-order valence-electron chi connectivity index (χ0n) is 15.7.